The summed E-state index contributed by atoms with van der Waals surface area (Å²) in [5.41, 5.74) is 0.940. The van der Waals surface area contributed by atoms with Crippen LogP contribution in [0.2, 0.25) is 0 Å². The second-order valence-electron chi connectivity index (χ2n) is 3.58. The summed E-state index contributed by atoms with van der Waals surface area (Å²) in [6, 6.07) is 6.20. The molecular formula is C11H10O6S. The minimum absolute atomic E-state index is 0.00990. The van der Waals surface area contributed by atoms with Gasteiger partial charge in [0.25, 0.3) is 10.1 Å². The lowest BCUT2D eigenvalue weighted by atomic mass is 10.2. The fourth-order valence-corrected chi connectivity index (χ4v) is 2.12. The van der Waals surface area contributed by atoms with Crippen molar-refractivity contribution in [1.82, 2.24) is 0 Å². The van der Waals surface area contributed by atoms with Crippen molar-refractivity contribution in [2.45, 2.75) is 18.4 Å². The van der Waals surface area contributed by atoms with Gasteiger partial charge in [0.2, 0.25) is 0 Å². The molecule has 0 radical (unpaired) electrons. The van der Waals surface area contributed by atoms with Crippen LogP contribution in [0.3, 0.4) is 0 Å². The molecule has 1 heterocycles. The first-order chi connectivity index (χ1) is 8.47. The maximum Gasteiger partial charge on any atom is 0.518 e. The van der Waals surface area contributed by atoms with E-state index in [0.717, 1.165) is 11.8 Å². The molecule has 2 aromatic rings. The fraction of sp³-hybridized carbons (Fsp3) is 0.182. The third kappa shape index (κ3) is 2.88. The fourth-order valence-electron chi connectivity index (χ4n) is 1.24. The Labute approximate surface area is 103 Å². The molecule has 6 nitrogen and oxygen atoms in total. The molecule has 1 aromatic carbocycles. The molecule has 0 fully saturated rings. The Morgan fingerprint density at radius 3 is 2.44 bits per heavy atom. The van der Waals surface area contributed by atoms with Crippen molar-refractivity contribution in [3.05, 3.63) is 52.5 Å². The van der Waals surface area contributed by atoms with Gasteiger partial charge in [0, 0.05) is 0 Å². The molecule has 0 aliphatic heterocycles. The third-order valence-electron chi connectivity index (χ3n) is 2.17. The Morgan fingerprint density at radius 1 is 1.22 bits per heavy atom. The summed E-state index contributed by atoms with van der Waals surface area (Å²) in [7, 11) is -3.87. The van der Waals surface area contributed by atoms with Crippen LogP contribution in [0, 0.1) is 6.92 Å². The van der Waals surface area contributed by atoms with Crippen LogP contribution >= 0.6 is 0 Å². The van der Waals surface area contributed by atoms with Gasteiger partial charge in [0.15, 0.2) is 5.76 Å². The summed E-state index contributed by atoms with van der Waals surface area (Å²) in [6.45, 7) is 1.46. The molecule has 0 N–H and O–H groups in total. The Kier molecular flexibility index (Phi) is 3.35. The van der Waals surface area contributed by atoms with Crippen LogP contribution < -0.4 is 5.82 Å². The number of aryl methyl sites for hydroxylation is 1. The minimum Gasteiger partial charge on any atom is -0.399 e. The van der Waals surface area contributed by atoms with Crippen LogP contribution in [-0.2, 0) is 20.9 Å². The lowest BCUT2D eigenvalue weighted by Gasteiger charge is -2.03. The molecule has 0 atom stereocenters. The molecule has 1 aromatic heterocycles. The van der Waals surface area contributed by atoms with Gasteiger partial charge in [-0.15, -0.1) is 0 Å². The predicted molar refractivity (Wildman–Crippen MR) is 60.4 cm³/mol. The van der Waals surface area contributed by atoms with Crippen molar-refractivity contribution in [1.29, 1.82) is 0 Å². The van der Waals surface area contributed by atoms with E-state index >= 15 is 0 Å². The van der Waals surface area contributed by atoms with E-state index in [4.69, 9.17) is 4.18 Å². The maximum absolute atomic E-state index is 11.8. The average Bonchev–Trinajstić information content (AvgIpc) is 2.73. The second kappa shape index (κ2) is 4.79. The standard InChI is InChI=1S/C11H10O6S/c1-8-2-4-10(5-3-8)18(13,14)16-7-9-6-15-11(12)17-9/h2-6H,7H2,1H3. The van der Waals surface area contributed by atoms with Gasteiger partial charge in [-0.1, -0.05) is 17.7 Å². The van der Waals surface area contributed by atoms with E-state index in [1.807, 2.05) is 6.92 Å². The first-order valence-corrected chi connectivity index (χ1v) is 6.42. The van der Waals surface area contributed by atoms with E-state index in [1.54, 1.807) is 12.1 Å². The highest BCUT2D eigenvalue weighted by molar-refractivity contribution is 7.86. The van der Waals surface area contributed by atoms with E-state index < -0.39 is 15.9 Å². The number of hydrogen-bond donors (Lipinski definition) is 0. The highest BCUT2D eigenvalue weighted by Gasteiger charge is 2.16. The van der Waals surface area contributed by atoms with E-state index in [1.165, 1.54) is 12.1 Å². The molecule has 0 saturated heterocycles. The van der Waals surface area contributed by atoms with Crippen LogP contribution in [-0.4, -0.2) is 8.42 Å². The largest absolute Gasteiger partial charge is 0.518 e. The molecule has 0 spiro atoms. The zero-order valence-electron chi connectivity index (χ0n) is 9.45. The highest BCUT2D eigenvalue weighted by Crippen LogP contribution is 2.14. The summed E-state index contributed by atoms with van der Waals surface area (Å²) in [4.78, 5) is 10.6. The first kappa shape index (κ1) is 12.6. The number of rotatable bonds is 4. The van der Waals surface area contributed by atoms with Gasteiger partial charge >= 0.3 is 5.82 Å². The summed E-state index contributed by atoms with van der Waals surface area (Å²) < 4.78 is 37.1. The predicted octanol–water partition coefficient (Wildman–Crippen LogP) is 1.45. The SMILES string of the molecule is Cc1ccc(S(=O)(=O)OCc2coc(=O)o2)cc1. The van der Waals surface area contributed by atoms with E-state index in [2.05, 4.69) is 8.83 Å². The Hall–Kier alpha value is -1.86. The summed E-state index contributed by atoms with van der Waals surface area (Å²) >= 11 is 0. The minimum atomic E-state index is -3.87. The maximum atomic E-state index is 11.8. The highest BCUT2D eigenvalue weighted by atomic mass is 32.2. The van der Waals surface area contributed by atoms with Crippen molar-refractivity contribution >= 4 is 10.1 Å². The number of hydrogen-bond acceptors (Lipinski definition) is 6. The normalized spacial score (nSPS) is 11.6. The van der Waals surface area contributed by atoms with Crippen LogP contribution in [0.15, 0.2) is 49.1 Å². The van der Waals surface area contributed by atoms with Crippen LogP contribution in [0.4, 0.5) is 0 Å². The van der Waals surface area contributed by atoms with Crippen LogP contribution in [0.1, 0.15) is 11.3 Å². The van der Waals surface area contributed by atoms with Gasteiger partial charge < -0.3 is 8.83 Å². The van der Waals surface area contributed by atoms with Crippen molar-refractivity contribution in [2.75, 3.05) is 0 Å². The molecule has 0 aliphatic rings. The molecule has 0 saturated carbocycles. The molecule has 2 rings (SSSR count). The topological polar surface area (TPSA) is 86.7 Å². The average molecular weight is 270 g/mol. The van der Waals surface area contributed by atoms with Crippen molar-refractivity contribution in [2.24, 2.45) is 0 Å². The van der Waals surface area contributed by atoms with E-state index in [0.29, 0.717) is 0 Å². The quantitative estimate of drug-likeness (QED) is 0.781. The Bertz CT molecular complexity index is 677. The van der Waals surface area contributed by atoms with E-state index in [-0.39, 0.29) is 17.3 Å². The Morgan fingerprint density at radius 2 is 1.89 bits per heavy atom. The molecule has 0 amide bonds. The summed E-state index contributed by atoms with van der Waals surface area (Å²) in [6.07, 6.45) is 1.01. The molecular weight excluding hydrogens is 260 g/mol. The number of benzene rings is 1. The van der Waals surface area contributed by atoms with Crippen molar-refractivity contribution in [3.63, 3.8) is 0 Å². The van der Waals surface area contributed by atoms with Gasteiger partial charge in [-0.25, -0.2) is 4.79 Å². The second-order valence-corrected chi connectivity index (χ2v) is 5.20. The van der Waals surface area contributed by atoms with Gasteiger partial charge in [-0.05, 0) is 19.1 Å². The molecule has 96 valence electrons. The summed E-state index contributed by atoms with van der Waals surface area (Å²) in [5, 5.41) is 0. The smallest absolute Gasteiger partial charge is 0.399 e. The molecule has 7 heteroatoms. The molecule has 0 unspecified atom stereocenters. The van der Waals surface area contributed by atoms with Crippen molar-refractivity contribution < 1.29 is 21.4 Å². The lowest BCUT2D eigenvalue weighted by molar-refractivity contribution is 0.266. The lowest BCUT2D eigenvalue weighted by Crippen LogP contribution is -2.06. The zero-order valence-corrected chi connectivity index (χ0v) is 10.3. The van der Waals surface area contributed by atoms with Crippen molar-refractivity contribution in [3.8, 4) is 0 Å². The zero-order chi connectivity index (χ0) is 13.2. The Balaban J connectivity index is 2.12. The van der Waals surface area contributed by atoms with Gasteiger partial charge in [0.05, 0.1) is 4.90 Å². The van der Waals surface area contributed by atoms with Gasteiger partial charge in [-0.2, -0.15) is 8.42 Å². The van der Waals surface area contributed by atoms with Crippen LogP contribution in [0.5, 0.6) is 0 Å². The monoisotopic (exact) mass is 270 g/mol. The molecule has 0 aliphatic carbocycles. The third-order valence-corrected chi connectivity index (χ3v) is 3.44. The van der Waals surface area contributed by atoms with Gasteiger partial charge in [0.1, 0.15) is 12.9 Å². The van der Waals surface area contributed by atoms with E-state index in [9.17, 15) is 13.2 Å². The summed E-state index contributed by atoms with van der Waals surface area (Å²) in [5.74, 6) is -0.892. The molecule has 18 heavy (non-hydrogen) atoms. The van der Waals surface area contributed by atoms with Gasteiger partial charge in [-0.3, -0.25) is 4.18 Å². The first-order valence-electron chi connectivity index (χ1n) is 5.01. The van der Waals surface area contributed by atoms with Crippen LogP contribution in [0.25, 0.3) is 0 Å². The molecule has 0 bridgehead atoms.